The van der Waals surface area contributed by atoms with Gasteiger partial charge in [-0.15, -0.1) is 12.4 Å². The third kappa shape index (κ3) is 5.08. The molecular formula is C17H23ClN4O. The minimum atomic E-state index is 0. The van der Waals surface area contributed by atoms with Crippen molar-refractivity contribution < 1.29 is 4.79 Å². The van der Waals surface area contributed by atoms with Crippen LogP contribution in [0.3, 0.4) is 0 Å². The predicted octanol–water partition coefficient (Wildman–Crippen LogP) is 1.97. The van der Waals surface area contributed by atoms with Crippen LogP contribution < -0.4 is 10.6 Å². The minimum Gasteiger partial charge on any atom is -0.352 e. The number of rotatable bonds is 5. The number of aromatic nitrogens is 2. The Morgan fingerprint density at radius 3 is 2.74 bits per heavy atom. The minimum absolute atomic E-state index is 0. The van der Waals surface area contributed by atoms with Crippen LogP contribution in [-0.4, -0.2) is 28.8 Å². The lowest BCUT2D eigenvalue weighted by Gasteiger charge is -2.21. The standard InChI is InChI=1S/C17H22N4O.ClH/c22-17(16-3-1-8-18-12-16)19-11-14-4-6-15(7-5-14)13-21-10-2-9-20-21;/h2,4-7,9-10,16,18H,1,3,8,11-13H2,(H,19,22);1H. The molecule has 1 aliphatic heterocycles. The van der Waals surface area contributed by atoms with Gasteiger partial charge in [-0.2, -0.15) is 5.10 Å². The second kappa shape index (κ2) is 8.70. The smallest absolute Gasteiger partial charge is 0.224 e. The molecular weight excluding hydrogens is 312 g/mol. The van der Waals surface area contributed by atoms with Gasteiger partial charge in [0.15, 0.2) is 0 Å². The van der Waals surface area contributed by atoms with Gasteiger partial charge in [-0.05, 0) is 36.6 Å². The summed E-state index contributed by atoms with van der Waals surface area (Å²) in [4.78, 5) is 12.1. The van der Waals surface area contributed by atoms with Crippen molar-refractivity contribution in [1.82, 2.24) is 20.4 Å². The van der Waals surface area contributed by atoms with Gasteiger partial charge in [0.1, 0.15) is 0 Å². The van der Waals surface area contributed by atoms with E-state index in [9.17, 15) is 4.79 Å². The lowest BCUT2D eigenvalue weighted by atomic mass is 9.99. The highest BCUT2D eigenvalue weighted by atomic mass is 35.5. The number of nitrogens with one attached hydrogen (secondary N) is 2. The molecule has 1 aromatic heterocycles. The molecule has 3 rings (SSSR count). The van der Waals surface area contributed by atoms with Crippen molar-refractivity contribution in [2.24, 2.45) is 5.92 Å². The molecule has 124 valence electrons. The fraction of sp³-hybridized carbons (Fsp3) is 0.412. The van der Waals surface area contributed by atoms with Gasteiger partial charge in [0, 0.05) is 25.5 Å². The maximum Gasteiger partial charge on any atom is 0.224 e. The molecule has 23 heavy (non-hydrogen) atoms. The number of piperidine rings is 1. The Morgan fingerprint density at radius 1 is 1.30 bits per heavy atom. The van der Waals surface area contributed by atoms with Crippen LogP contribution in [-0.2, 0) is 17.9 Å². The first kappa shape index (κ1) is 17.5. The fourth-order valence-corrected chi connectivity index (χ4v) is 2.75. The number of carbonyl (C=O) groups is 1. The number of benzene rings is 1. The number of carbonyl (C=O) groups excluding carboxylic acids is 1. The Balaban J connectivity index is 0.00000192. The van der Waals surface area contributed by atoms with Gasteiger partial charge >= 0.3 is 0 Å². The van der Waals surface area contributed by atoms with Crippen molar-refractivity contribution in [2.45, 2.75) is 25.9 Å². The average Bonchev–Trinajstić information content (AvgIpc) is 3.08. The van der Waals surface area contributed by atoms with Crippen molar-refractivity contribution in [3.05, 3.63) is 53.9 Å². The predicted molar refractivity (Wildman–Crippen MR) is 92.5 cm³/mol. The van der Waals surface area contributed by atoms with E-state index in [2.05, 4.69) is 40.0 Å². The lowest BCUT2D eigenvalue weighted by Crippen LogP contribution is -2.40. The maximum atomic E-state index is 12.1. The Bertz CT molecular complexity index is 592. The van der Waals surface area contributed by atoms with Crippen molar-refractivity contribution in [1.29, 1.82) is 0 Å². The topological polar surface area (TPSA) is 59.0 Å². The van der Waals surface area contributed by atoms with Gasteiger partial charge in [-0.1, -0.05) is 24.3 Å². The molecule has 1 aliphatic rings. The van der Waals surface area contributed by atoms with Crippen LogP contribution in [0.2, 0.25) is 0 Å². The summed E-state index contributed by atoms with van der Waals surface area (Å²) < 4.78 is 1.90. The largest absolute Gasteiger partial charge is 0.352 e. The van der Waals surface area contributed by atoms with Crippen molar-refractivity contribution in [3.8, 4) is 0 Å². The SMILES string of the molecule is Cl.O=C(NCc1ccc(Cn2cccn2)cc1)C1CCCNC1. The highest BCUT2D eigenvalue weighted by Crippen LogP contribution is 2.11. The maximum absolute atomic E-state index is 12.1. The summed E-state index contributed by atoms with van der Waals surface area (Å²) in [5.74, 6) is 0.278. The molecule has 1 atom stereocenters. The average molecular weight is 335 g/mol. The third-order valence-corrected chi connectivity index (χ3v) is 4.06. The Kier molecular flexibility index (Phi) is 6.62. The van der Waals surface area contributed by atoms with Crippen LogP contribution >= 0.6 is 12.4 Å². The lowest BCUT2D eigenvalue weighted by molar-refractivity contribution is -0.125. The Hall–Kier alpha value is -1.85. The van der Waals surface area contributed by atoms with Crippen molar-refractivity contribution in [3.63, 3.8) is 0 Å². The first-order chi connectivity index (χ1) is 10.8. The summed E-state index contributed by atoms with van der Waals surface area (Å²) >= 11 is 0. The van der Waals surface area contributed by atoms with Crippen LogP contribution in [0.15, 0.2) is 42.7 Å². The summed E-state index contributed by atoms with van der Waals surface area (Å²) in [6, 6.07) is 10.2. The molecule has 0 spiro atoms. The van der Waals surface area contributed by atoms with E-state index in [1.54, 1.807) is 6.20 Å². The van der Waals surface area contributed by atoms with E-state index in [-0.39, 0.29) is 24.2 Å². The van der Waals surface area contributed by atoms with Crippen LogP contribution in [0.4, 0.5) is 0 Å². The molecule has 0 bridgehead atoms. The molecule has 0 saturated carbocycles. The quantitative estimate of drug-likeness (QED) is 0.879. The van der Waals surface area contributed by atoms with Gasteiger partial charge in [0.05, 0.1) is 12.5 Å². The molecule has 1 fully saturated rings. The summed E-state index contributed by atoms with van der Waals surface area (Å²) in [7, 11) is 0. The Labute approximate surface area is 142 Å². The molecule has 5 nitrogen and oxygen atoms in total. The fourth-order valence-electron chi connectivity index (χ4n) is 2.75. The molecule has 1 amide bonds. The van der Waals surface area contributed by atoms with E-state index in [1.165, 1.54) is 5.56 Å². The van der Waals surface area contributed by atoms with Gasteiger partial charge in [-0.25, -0.2) is 0 Å². The van der Waals surface area contributed by atoms with E-state index in [0.717, 1.165) is 38.0 Å². The second-order valence-corrected chi connectivity index (χ2v) is 5.78. The summed E-state index contributed by atoms with van der Waals surface area (Å²) in [5.41, 5.74) is 2.33. The van der Waals surface area contributed by atoms with Gasteiger partial charge in [0.2, 0.25) is 5.91 Å². The highest BCUT2D eigenvalue weighted by Gasteiger charge is 2.20. The van der Waals surface area contributed by atoms with E-state index < -0.39 is 0 Å². The zero-order valence-corrected chi connectivity index (χ0v) is 13.9. The van der Waals surface area contributed by atoms with Crippen molar-refractivity contribution in [2.75, 3.05) is 13.1 Å². The van der Waals surface area contributed by atoms with E-state index in [0.29, 0.717) is 6.54 Å². The summed E-state index contributed by atoms with van der Waals surface area (Å²) in [6.07, 6.45) is 5.80. The monoisotopic (exact) mass is 334 g/mol. The molecule has 1 saturated heterocycles. The summed E-state index contributed by atoms with van der Waals surface area (Å²) in [5, 5.41) is 10.5. The first-order valence-electron chi connectivity index (χ1n) is 7.85. The number of hydrogen-bond acceptors (Lipinski definition) is 3. The van der Waals surface area contributed by atoms with Crippen LogP contribution in [0.5, 0.6) is 0 Å². The zero-order chi connectivity index (χ0) is 15.2. The Morgan fingerprint density at radius 2 is 2.09 bits per heavy atom. The van der Waals surface area contributed by atoms with E-state index in [1.807, 2.05) is 16.9 Å². The summed E-state index contributed by atoms with van der Waals surface area (Å²) in [6.45, 7) is 3.20. The highest BCUT2D eigenvalue weighted by molar-refractivity contribution is 5.85. The zero-order valence-electron chi connectivity index (χ0n) is 13.1. The third-order valence-electron chi connectivity index (χ3n) is 4.06. The van der Waals surface area contributed by atoms with E-state index >= 15 is 0 Å². The second-order valence-electron chi connectivity index (χ2n) is 5.78. The molecule has 2 heterocycles. The van der Waals surface area contributed by atoms with Crippen LogP contribution in [0, 0.1) is 5.92 Å². The van der Waals surface area contributed by atoms with Gasteiger partial charge < -0.3 is 10.6 Å². The van der Waals surface area contributed by atoms with Crippen LogP contribution in [0.1, 0.15) is 24.0 Å². The molecule has 6 heteroatoms. The van der Waals surface area contributed by atoms with Crippen LogP contribution in [0.25, 0.3) is 0 Å². The van der Waals surface area contributed by atoms with Gasteiger partial charge in [-0.3, -0.25) is 9.48 Å². The van der Waals surface area contributed by atoms with Gasteiger partial charge in [0.25, 0.3) is 0 Å². The molecule has 2 aromatic rings. The molecule has 0 radical (unpaired) electrons. The number of nitrogens with zero attached hydrogens (tertiary/aromatic N) is 2. The van der Waals surface area contributed by atoms with Crippen molar-refractivity contribution >= 4 is 18.3 Å². The normalized spacial score (nSPS) is 17.3. The molecule has 2 N–H and O–H groups in total. The molecule has 1 unspecified atom stereocenters. The molecule has 1 aromatic carbocycles. The van der Waals surface area contributed by atoms with E-state index in [4.69, 9.17) is 0 Å². The number of halogens is 1. The number of amides is 1. The first-order valence-corrected chi connectivity index (χ1v) is 7.85. The molecule has 0 aliphatic carbocycles. The number of hydrogen-bond donors (Lipinski definition) is 2.